The van der Waals surface area contributed by atoms with Crippen LogP contribution in [0, 0.1) is 17.5 Å². The summed E-state index contributed by atoms with van der Waals surface area (Å²) in [5.41, 5.74) is -1.27. The third-order valence-corrected chi connectivity index (χ3v) is 10.3. The zero-order chi connectivity index (χ0) is 30.6. The topological polar surface area (TPSA) is 17.1 Å². The molecule has 4 atom stereocenters. The lowest BCUT2D eigenvalue weighted by molar-refractivity contribution is -0.331. The summed E-state index contributed by atoms with van der Waals surface area (Å²) in [5, 5.41) is -6.29. The van der Waals surface area contributed by atoms with E-state index in [1.807, 2.05) is 0 Å². The van der Waals surface area contributed by atoms with Gasteiger partial charge in [-0.1, -0.05) is 92.5 Å². The lowest BCUT2D eigenvalue weighted by Crippen LogP contribution is -2.55. The van der Waals surface area contributed by atoms with Gasteiger partial charge in [0.05, 0.1) is 8.65 Å². The second-order valence-electron chi connectivity index (χ2n) is 9.22. The van der Waals surface area contributed by atoms with Gasteiger partial charge in [-0.15, -0.1) is 0 Å². The van der Waals surface area contributed by atoms with E-state index in [1.54, 1.807) is 0 Å². The summed E-state index contributed by atoms with van der Waals surface area (Å²) in [4.78, 5) is -1.32. The summed E-state index contributed by atoms with van der Waals surface area (Å²) >= 11 is 6.45. The molecule has 0 saturated heterocycles. The fraction of sp³-hybridized carbons (Fsp3) is 0.259. The third kappa shape index (κ3) is 5.28. The van der Waals surface area contributed by atoms with Crippen LogP contribution in [0.2, 0.25) is 0 Å². The van der Waals surface area contributed by atoms with E-state index in [0.29, 0.717) is 6.08 Å². The largest absolute Gasteiger partial charge is 0.461 e. The van der Waals surface area contributed by atoms with Gasteiger partial charge in [-0.25, -0.2) is 17.4 Å². The fourth-order valence-corrected chi connectivity index (χ4v) is 9.22. The highest BCUT2D eigenvalue weighted by molar-refractivity contribution is 9.10. The van der Waals surface area contributed by atoms with Crippen LogP contribution in [0.5, 0.6) is 0 Å². The quantitative estimate of drug-likeness (QED) is 0.182. The molecule has 0 radical (unpaired) electrons. The minimum Gasteiger partial charge on any atom is -0.248 e. The number of hydrogen-bond acceptors (Lipinski definition) is 1. The summed E-state index contributed by atoms with van der Waals surface area (Å²) in [6, 6.07) is 13.6. The highest BCUT2D eigenvalue weighted by Crippen LogP contribution is 2.63. The van der Waals surface area contributed by atoms with E-state index in [0.717, 1.165) is 36.4 Å². The van der Waals surface area contributed by atoms with Crippen molar-refractivity contribution in [3.8, 4) is 0 Å². The van der Waals surface area contributed by atoms with Crippen LogP contribution in [0.15, 0.2) is 83.8 Å². The zero-order valence-corrected chi connectivity index (χ0v) is 24.1. The summed E-state index contributed by atoms with van der Waals surface area (Å²) in [6.45, 7) is 0. The number of rotatable bonds is 6. The first kappa shape index (κ1) is 31.7. The van der Waals surface area contributed by atoms with Crippen molar-refractivity contribution in [1.82, 2.24) is 0 Å². The van der Waals surface area contributed by atoms with Gasteiger partial charge in [-0.3, -0.25) is 0 Å². The highest BCUT2D eigenvalue weighted by Gasteiger charge is 2.77. The molecule has 41 heavy (non-hydrogen) atoms. The van der Waals surface area contributed by atoms with Gasteiger partial charge in [-0.2, -0.15) is 30.7 Å². The minimum atomic E-state index is -6.83. The zero-order valence-electron chi connectivity index (χ0n) is 20.1. The molecule has 1 aliphatic carbocycles. The summed E-state index contributed by atoms with van der Waals surface area (Å²) < 4.78 is 153. The van der Waals surface area contributed by atoms with Crippen LogP contribution < -0.4 is 0 Å². The van der Waals surface area contributed by atoms with Crippen molar-refractivity contribution in [2.24, 2.45) is 0 Å². The van der Waals surface area contributed by atoms with E-state index < -0.39 is 77.1 Å². The third-order valence-electron chi connectivity index (χ3n) is 6.66. The molecule has 4 rings (SSSR count). The standard InChI is InChI=1S/C27H16Br2F10OS/c28-23(16-8-2-5-11-19(16)31)13-21(41(40)27(38,39)25(33,34)26(35,36)37)22(15-7-1-4-10-18(15)30)24(29,14-23)17-9-3-6-12-20(17)32/h1-13,22H,14H2. The molecule has 14 heteroatoms. The van der Waals surface area contributed by atoms with Crippen molar-refractivity contribution in [2.45, 2.75) is 38.3 Å². The van der Waals surface area contributed by atoms with Crippen LogP contribution in [0.4, 0.5) is 43.9 Å². The Morgan fingerprint density at radius 3 is 1.66 bits per heavy atom. The Morgan fingerprint density at radius 2 is 1.17 bits per heavy atom. The lowest BCUT2D eigenvalue weighted by atomic mass is 9.70. The van der Waals surface area contributed by atoms with Gasteiger partial charge in [0, 0.05) is 21.9 Å². The van der Waals surface area contributed by atoms with Crippen molar-refractivity contribution in [3.05, 3.63) is 118 Å². The Balaban J connectivity index is 2.13. The van der Waals surface area contributed by atoms with Crippen molar-refractivity contribution in [1.29, 1.82) is 0 Å². The van der Waals surface area contributed by atoms with E-state index in [2.05, 4.69) is 31.9 Å². The minimum absolute atomic E-state index is 0.326. The van der Waals surface area contributed by atoms with Crippen molar-refractivity contribution in [2.75, 3.05) is 0 Å². The average molecular weight is 738 g/mol. The molecule has 0 heterocycles. The first-order valence-corrected chi connectivity index (χ1v) is 14.2. The van der Waals surface area contributed by atoms with E-state index in [1.165, 1.54) is 36.4 Å². The molecule has 0 N–H and O–H groups in total. The first-order valence-electron chi connectivity index (χ1n) is 11.5. The molecule has 4 unspecified atom stereocenters. The van der Waals surface area contributed by atoms with Crippen LogP contribution in [-0.4, -0.2) is 21.6 Å². The molecular formula is C27H16Br2F10OS. The Kier molecular flexibility index (Phi) is 8.38. The molecule has 1 nitrogen and oxygen atoms in total. The molecule has 0 aliphatic heterocycles. The lowest BCUT2D eigenvalue weighted by Gasteiger charge is -2.47. The van der Waals surface area contributed by atoms with E-state index >= 15 is 22.0 Å². The highest BCUT2D eigenvalue weighted by atomic mass is 79.9. The maximum absolute atomic E-state index is 15.3. The van der Waals surface area contributed by atoms with Crippen LogP contribution >= 0.6 is 31.9 Å². The second kappa shape index (κ2) is 10.8. The molecule has 220 valence electrons. The number of benzene rings is 3. The number of hydrogen-bond donors (Lipinski definition) is 0. The monoisotopic (exact) mass is 736 g/mol. The number of allylic oxidation sites excluding steroid dienone is 2. The Labute approximate surface area is 246 Å². The van der Waals surface area contributed by atoms with Crippen molar-refractivity contribution < 1.29 is 48.1 Å². The molecule has 0 spiro atoms. The van der Waals surface area contributed by atoms with E-state index in [9.17, 15) is 26.2 Å². The van der Waals surface area contributed by atoms with Crippen LogP contribution in [-0.2, 0) is 19.4 Å². The summed E-state index contributed by atoms with van der Waals surface area (Å²) in [5.74, 6) is -12.0. The normalized spacial score (nSPS) is 24.6. The van der Waals surface area contributed by atoms with Crippen LogP contribution in [0.3, 0.4) is 0 Å². The van der Waals surface area contributed by atoms with Crippen molar-refractivity contribution in [3.63, 3.8) is 0 Å². The fourth-order valence-electron chi connectivity index (χ4n) is 4.78. The van der Waals surface area contributed by atoms with Crippen LogP contribution in [0.25, 0.3) is 0 Å². The SMILES string of the molecule is O=S(C1=CC(Br)(c2ccccc2F)CC(Br)(c2ccccc2F)C1c1ccccc1F)C(F)(F)C(F)(F)C(F)(F)F. The summed E-state index contributed by atoms with van der Waals surface area (Å²) in [7, 11) is -4.54. The molecule has 1 aliphatic rings. The van der Waals surface area contributed by atoms with E-state index in [-0.39, 0.29) is 11.1 Å². The maximum atomic E-state index is 15.3. The van der Waals surface area contributed by atoms with Gasteiger partial charge >= 0.3 is 17.4 Å². The second-order valence-corrected chi connectivity index (χ2v) is 13.6. The Morgan fingerprint density at radius 1 is 0.707 bits per heavy atom. The van der Waals surface area contributed by atoms with Gasteiger partial charge in [0.15, 0.2) is 0 Å². The molecule has 3 aromatic carbocycles. The molecule has 0 bridgehead atoms. The van der Waals surface area contributed by atoms with Crippen molar-refractivity contribution >= 4 is 42.7 Å². The first-order chi connectivity index (χ1) is 18.9. The Hall–Kier alpha value is -2.19. The molecule has 0 amide bonds. The predicted molar refractivity (Wildman–Crippen MR) is 140 cm³/mol. The summed E-state index contributed by atoms with van der Waals surface area (Å²) in [6.07, 6.45) is -6.76. The van der Waals surface area contributed by atoms with Gasteiger partial charge in [0.2, 0.25) is 0 Å². The predicted octanol–water partition coefficient (Wildman–Crippen LogP) is 9.59. The Bertz CT molecular complexity index is 1530. The molecule has 0 saturated carbocycles. The maximum Gasteiger partial charge on any atom is 0.461 e. The smallest absolute Gasteiger partial charge is 0.248 e. The average Bonchev–Trinajstić information content (AvgIpc) is 2.88. The molecular weight excluding hydrogens is 722 g/mol. The number of halogens is 12. The van der Waals surface area contributed by atoms with Gasteiger partial charge in [-0.05, 0) is 30.2 Å². The molecule has 0 aromatic heterocycles. The van der Waals surface area contributed by atoms with E-state index in [4.69, 9.17) is 0 Å². The van der Waals surface area contributed by atoms with Gasteiger partial charge in [0.1, 0.15) is 28.3 Å². The van der Waals surface area contributed by atoms with Gasteiger partial charge in [0.25, 0.3) is 0 Å². The van der Waals surface area contributed by atoms with Crippen LogP contribution in [0.1, 0.15) is 29.0 Å². The molecule has 0 fully saturated rings. The van der Waals surface area contributed by atoms with Gasteiger partial charge < -0.3 is 0 Å². The number of alkyl halides is 9. The molecule has 3 aromatic rings.